The number of hydrogen-bond acceptors (Lipinski definition) is 4. The molecule has 23 heavy (non-hydrogen) atoms. The molecule has 2 aliphatic heterocycles. The minimum absolute atomic E-state index is 0.0462. The molecule has 3 rings (SSSR count). The molecule has 2 saturated heterocycles. The van der Waals surface area contributed by atoms with Crippen LogP contribution < -0.4 is 10.6 Å². The second kappa shape index (κ2) is 7.90. The van der Waals surface area contributed by atoms with Crippen LogP contribution in [0.15, 0.2) is 24.3 Å². The number of nitrogens with one attached hydrogen (secondary N) is 2. The van der Waals surface area contributed by atoms with Gasteiger partial charge in [-0.25, -0.2) is 0 Å². The van der Waals surface area contributed by atoms with Crippen LogP contribution in [0.4, 0.5) is 0 Å². The predicted molar refractivity (Wildman–Crippen MR) is 92.6 cm³/mol. The molecule has 5 nitrogen and oxygen atoms in total. The van der Waals surface area contributed by atoms with Gasteiger partial charge in [0, 0.05) is 50.9 Å². The van der Waals surface area contributed by atoms with Crippen LogP contribution in [0.5, 0.6) is 0 Å². The van der Waals surface area contributed by atoms with Crippen LogP contribution in [0.3, 0.4) is 0 Å². The fraction of sp³-hybridized carbons (Fsp3) is 0.611. The lowest BCUT2D eigenvalue weighted by Gasteiger charge is -2.32. The molecule has 2 fully saturated rings. The number of carbonyl (C=O) groups excluding carboxylic acids is 1. The second-order valence-electron chi connectivity index (χ2n) is 6.79. The molecule has 2 heterocycles. The van der Waals surface area contributed by atoms with Crippen molar-refractivity contribution in [1.29, 1.82) is 0 Å². The van der Waals surface area contributed by atoms with Gasteiger partial charge in [-0.2, -0.15) is 0 Å². The summed E-state index contributed by atoms with van der Waals surface area (Å²) in [6, 6.07) is 8.36. The molecule has 1 aromatic rings. The molecule has 0 radical (unpaired) electrons. The minimum Gasteiger partial charge on any atom is -0.348 e. The number of piperidine rings is 1. The lowest BCUT2D eigenvalue weighted by molar-refractivity contribution is 0.0930. The van der Waals surface area contributed by atoms with Gasteiger partial charge in [-0.1, -0.05) is 12.1 Å². The molecular formula is C18H28N4O. The van der Waals surface area contributed by atoms with E-state index < -0.39 is 0 Å². The second-order valence-corrected chi connectivity index (χ2v) is 6.79. The minimum atomic E-state index is 0.0462. The van der Waals surface area contributed by atoms with Crippen molar-refractivity contribution in [3.8, 4) is 0 Å². The van der Waals surface area contributed by atoms with E-state index in [0.29, 0.717) is 0 Å². The quantitative estimate of drug-likeness (QED) is 0.867. The van der Waals surface area contributed by atoms with Crippen LogP contribution >= 0.6 is 0 Å². The van der Waals surface area contributed by atoms with Crippen LogP contribution in [0, 0.1) is 0 Å². The Morgan fingerprint density at radius 1 is 1.22 bits per heavy atom. The molecule has 1 aromatic carbocycles. The zero-order valence-electron chi connectivity index (χ0n) is 14.1. The monoisotopic (exact) mass is 316 g/mol. The topological polar surface area (TPSA) is 47.6 Å². The van der Waals surface area contributed by atoms with Crippen LogP contribution in [-0.2, 0) is 6.54 Å². The summed E-state index contributed by atoms with van der Waals surface area (Å²) in [4.78, 5) is 17.1. The summed E-state index contributed by atoms with van der Waals surface area (Å²) in [5.41, 5.74) is 2.04. The lowest BCUT2D eigenvalue weighted by Crippen LogP contribution is -2.45. The number of amides is 1. The van der Waals surface area contributed by atoms with Gasteiger partial charge >= 0.3 is 0 Å². The summed E-state index contributed by atoms with van der Waals surface area (Å²) >= 11 is 0. The molecule has 0 aromatic heterocycles. The first-order valence-corrected chi connectivity index (χ1v) is 8.72. The van der Waals surface area contributed by atoms with E-state index in [2.05, 4.69) is 39.6 Å². The third-order valence-electron chi connectivity index (χ3n) is 4.85. The van der Waals surface area contributed by atoms with Crippen molar-refractivity contribution in [2.24, 2.45) is 0 Å². The van der Waals surface area contributed by atoms with Crippen molar-refractivity contribution in [2.45, 2.75) is 25.4 Å². The van der Waals surface area contributed by atoms with Crippen molar-refractivity contribution in [3.63, 3.8) is 0 Å². The first-order chi connectivity index (χ1) is 11.2. The molecule has 0 saturated carbocycles. The summed E-state index contributed by atoms with van der Waals surface area (Å²) < 4.78 is 0. The van der Waals surface area contributed by atoms with Gasteiger partial charge in [-0.15, -0.1) is 0 Å². The molecule has 5 heteroatoms. The van der Waals surface area contributed by atoms with E-state index in [4.69, 9.17) is 0 Å². The van der Waals surface area contributed by atoms with Gasteiger partial charge in [0.2, 0.25) is 0 Å². The zero-order valence-corrected chi connectivity index (χ0v) is 14.1. The molecule has 126 valence electrons. The Labute approximate surface area is 139 Å². The smallest absolute Gasteiger partial charge is 0.251 e. The highest BCUT2D eigenvalue weighted by Gasteiger charge is 2.17. The van der Waals surface area contributed by atoms with Gasteiger partial charge in [-0.3, -0.25) is 9.69 Å². The molecule has 2 N–H and O–H groups in total. The van der Waals surface area contributed by atoms with E-state index in [-0.39, 0.29) is 11.9 Å². The largest absolute Gasteiger partial charge is 0.348 e. The first kappa shape index (κ1) is 16.4. The zero-order chi connectivity index (χ0) is 16.1. The Balaban J connectivity index is 1.51. The average molecular weight is 316 g/mol. The van der Waals surface area contributed by atoms with Gasteiger partial charge in [-0.05, 0) is 44.1 Å². The molecule has 1 amide bonds. The molecular weight excluding hydrogens is 288 g/mol. The third kappa shape index (κ3) is 4.77. The molecule has 0 bridgehead atoms. The van der Waals surface area contributed by atoms with Gasteiger partial charge < -0.3 is 15.5 Å². The van der Waals surface area contributed by atoms with Gasteiger partial charge in [0.1, 0.15) is 0 Å². The summed E-state index contributed by atoms with van der Waals surface area (Å²) in [5, 5.41) is 6.45. The highest BCUT2D eigenvalue weighted by molar-refractivity contribution is 5.94. The summed E-state index contributed by atoms with van der Waals surface area (Å²) in [6.45, 7) is 7.43. The summed E-state index contributed by atoms with van der Waals surface area (Å²) in [5.74, 6) is 0.0462. The van der Waals surface area contributed by atoms with E-state index in [1.54, 1.807) is 0 Å². The van der Waals surface area contributed by atoms with Crippen LogP contribution in [0.25, 0.3) is 0 Å². The van der Waals surface area contributed by atoms with Gasteiger partial charge in [0.25, 0.3) is 5.91 Å². The number of benzene rings is 1. The van der Waals surface area contributed by atoms with Crippen LogP contribution in [-0.4, -0.2) is 68.1 Å². The fourth-order valence-corrected chi connectivity index (χ4v) is 3.27. The molecule has 0 aliphatic carbocycles. The summed E-state index contributed by atoms with van der Waals surface area (Å²) in [6.07, 6.45) is 2.20. The van der Waals surface area contributed by atoms with Crippen LogP contribution in [0.1, 0.15) is 28.8 Å². The highest BCUT2D eigenvalue weighted by Crippen LogP contribution is 2.10. The van der Waals surface area contributed by atoms with E-state index in [1.165, 1.54) is 5.56 Å². The van der Waals surface area contributed by atoms with Crippen LogP contribution in [0.2, 0.25) is 0 Å². The van der Waals surface area contributed by atoms with E-state index in [9.17, 15) is 4.79 Å². The number of carbonyl (C=O) groups is 1. The first-order valence-electron chi connectivity index (χ1n) is 8.72. The number of nitrogens with zero attached hydrogens (tertiary/aromatic N) is 2. The standard InChI is InChI=1S/C18H28N4O/c1-21-9-11-22(12-10-21)14-15-4-6-16(7-5-15)18(23)20-17-3-2-8-19-13-17/h4-7,17,19H,2-3,8-14H2,1H3,(H,20,23)/t17-/m0/s1. The molecule has 1 atom stereocenters. The lowest BCUT2D eigenvalue weighted by atomic mass is 10.1. The fourth-order valence-electron chi connectivity index (χ4n) is 3.27. The maximum absolute atomic E-state index is 12.3. The summed E-state index contributed by atoms with van der Waals surface area (Å²) in [7, 11) is 2.17. The van der Waals surface area contributed by atoms with Gasteiger partial charge in [0.15, 0.2) is 0 Å². The van der Waals surface area contributed by atoms with E-state index in [0.717, 1.165) is 64.2 Å². The Kier molecular flexibility index (Phi) is 5.65. The average Bonchev–Trinajstić information content (AvgIpc) is 2.58. The van der Waals surface area contributed by atoms with Crippen molar-refractivity contribution in [1.82, 2.24) is 20.4 Å². The molecule has 0 spiro atoms. The Morgan fingerprint density at radius 3 is 2.61 bits per heavy atom. The van der Waals surface area contributed by atoms with E-state index in [1.807, 2.05) is 12.1 Å². The molecule has 0 unspecified atom stereocenters. The normalized spacial score (nSPS) is 23.6. The number of rotatable bonds is 4. The third-order valence-corrected chi connectivity index (χ3v) is 4.85. The predicted octanol–water partition coefficient (Wildman–Crippen LogP) is 0.916. The van der Waals surface area contributed by atoms with Gasteiger partial charge in [0.05, 0.1) is 0 Å². The molecule has 2 aliphatic rings. The number of likely N-dealkylation sites (N-methyl/N-ethyl adjacent to an activating group) is 1. The Morgan fingerprint density at radius 2 is 1.96 bits per heavy atom. The maximum atomic E-state index is 12.3. The van der Waals surface area contributed by atoms with Crippen molar-refractivity contribution < 1.29 is 4.79 Å². The Bertz CT molecular complexity index is 502. The number of hydrogen-bond donors (Lipinski definition) is 2. The van der Waals surface area contributed by atoms with Crippen molar-refractivity contribution in [3.05, 3.63) is 35.4 Å². The van der Waals surface area contributed by atoms with Crippen molar-refractivity contribution >= 4 is 5.91 Å². The van der Waals surface area contributed by atoms with Crippen molar-refractivity contribution in [2.75, 3.05) is 46.3 Å². The maximum Gasteiger partial charge on any atom is 0.251 e. The number of piperazine rings is 1. The SMILES string of the molecule is CN1CCN(Cc2ccc(C(=O)N[C@H]3CCCNC3)cc2)CC1. The Hall–Kier alpha value is -1.43. The highest BCUT2D eigenvalue weighted by atomic mass is 16.1. The van der Waals surface area contributed by atoms with E-state index >= 15 is 0 Å².